The summed E-state index contributed by atoms with van der Waals surface area (Å²) in [5, 5.41) is 3.48. The number of hydrogen-bond donors (Lipinski definition) is 1. The minimum atomic E-state index is 0. The first-order valence-corrected chi connectivity index (χ1v) is 7.72. The second-order valence-electron chi connectivity index (χ2n) is 5.88. The van der Waals surface area contributed by atoms with Crippen molar-refractivity contribution in [1.82, 2.24) is 10.2 Å². The van der Waals surface area contributed by atoms with Crippen molar-refractivity contribution in [3.63, 3.8) is 0 Å². The zero-order valence-electron chi connectivity index (χ0n) is 13.1. The van der Waals surface area contributed by atoms with E-state index in [1.807, 2.05) is 0 Å². The highest BCUT2D eigenvalue weighted by molar-refractivity contribution is 5.85. The normalized spacial score (nSPS) is 18.6. The maximum absolute atomic E-state index is 3.48. The van der Waals surface area contributed by atoms with Crippen LogP contribution in [0, 0.1) is 12.8 Å². The van der Waals surface area contributed by atoms with Crippen LogP contribution in [0.25, 0.3) is 0 Å². The third-order valence-electron chi connectivity index (χ3n) is 4.40. The van der Waals surface area contributed by atoms with Gasteiger partial charge >= 0.3 is 0 Å². The van der Waals surface area contributed by atoms with Crippen molar-refractivity contribution in [3.05, 3.63) is 35.4 Å². The van der Waals surface area contributed by atoms with Crippen LogP contribution in [-0.2, 0) is 0 Å². The Morgan fingerprint density at radius 2 is 2.00 bits per heavy atom. The second kappa shape index (κ2) is 8.66. The molecule has 1 unspecified atom stereocenters. The number of benzene rings is 1. The van der Waals surface area contributed by atoms with Gasteiger partial charge in [0.15, 0.2) is 0 Å². The maximum atomic E-state index is 3.48. The summed E-state index contributed by atoms with van der Waals surface area (Å²) in [5.74, 6) is 0.876. The monoisotopic (exact) mass is 296 g/mol. The van der Waals surface area contributed by atoms with Crippen LogP contribution < -0.4 is 5.32 Å². The molecule has 0 saturated carbocycles. The molecule has 2 rings (SSSR count). The number of halogens is 1. The molecule has 1 aromatic carbocycles. The molecule has 1 saturated heterocycles. The van der Waals surface area contributed by atoms with Crippen LogP contribution in [0.15, 0.2) is 24.3 Å². The van der Waals surface area contributed by atoms with Crippen molar-refractivity contribution in [2.75, 3.05) is 26.2 Å². The van der Waals surface area contributed by atoms with Crippen LogP contribution in [-0.4, -0.2) is 31.1 Å². The highest BCUT2D eigenvalue weighted by Crippen LogP contribution is 2.26. The lowest BCUT2D eigenvalue weighted by molar-refractivity contribution is 0.140. The van der Waals surface area contributed by atoms with Crippen molar-refractivity contribution in [1.29, 1.82) is 0 Å². The van der Waals surface area contributed by atoms with Crippen molar-refractivity contribution >= 4 is 12.4 Å². The van der Waals surface area contributed by atoms with Gasteiger partial charge in [-0.1, -0.05) is 36.8 Å². The molecule has 0 aromatic heterocycles. The Bertz CT molecular complexity index is 386. The number of nitrogens with zero attached hydrogens (tertiary/aromatic N) is 1. The first kappa shape index (κ1) is 17.5. The van der Waals surface area contributed by atoms with E-state index in [9.17, 15) is 0 Å². The molecule has 1 fully saturated rings. The average molecular weight is 297 g/mol. The SMILES string of the molecule is CCNCC1CCN(C(C)c2cccc(C)c2)CC1.Cl. The molecule has 0 bridgehead atoms. The molecule has 1 heterocycles. The number of likely N-dealkylation sites (tertiary alicyclic amines) is 1. The predicted octanol–water partition coefficient (Wildman–Crippen LogP) is 3.80. The van der Waals surface area contributed by atoms with E-state index < -0.39 is 0 Å². The summed E-state index contributed by atoms with van der Waals surface area (Å²) in [7, 11) is 0. The van der Waals surface area contributed by atoms with Gasteiger partial charge in [0.05, 0.1) is 0 Å². The standard InChI is InChI=1S/C17H28N2.ClH/c1-4-18-13-16-8-10-19(11-9-16)15(3)17-7-5-6-14(2)12-17;/h5-7,12,15-16,18H,4,8-11,13H2,1-3H3;1H. The smallest absolute Gasteiger partial charge is 0.0319 e. The largest absolute Gasteiger partial charge is 0.317 e. The van der Waals surface area contributed by atoms with Crippen molar-refractivity contribution in [3.8, 4) is 0 Å². The van der Waals surface area contributed by atoms with E-state index in [0.29, 0.717) is 6.04 Å². The fourth-order valence-corrected chi connectivity index (χ4v) is 3.03. The summed E-state index contributed by atoms with van der Waals surface area (Å²) in [6.07, 6.45) is 2.67. The first-order valence-electron chi connectivity index (χ1n) is 7.72. The minimum Gasteiger partial charge on any atom is -0.317 e. The van der Waals surface area contributed by atoms with Crippen LogP contribution >= 0.6 is 12.4 Å². The number of rotatable bonds is 5. The molecule has 1 N–H and O–H groups in total. The molecule has 114 valence electrons. The van der Waals surface area contributed by atoms with E-state index in [-0.39, 0.29) is 12.4 Å². The second-order valence-corrected chi connectivity index (χ2v) is 5.88. The van der Waals surface area contributed by atoms with Crippen LogP contribution in [0.3, 0.4) is 0 Å². The highest BCUT2D eigenvalue weighted by Gasteiger charge is 2.23. The quantitative estimate of drug-likeness (QED) is 0.889. The van der Waals surface area contributed by atoms with Crippen molar-refractivity contribution < 1.29 is 0 Å². The summed E-state index contributed by atoms with van der Waals surface area (Å²) in [6.45, 7) is 11.5. The lowest BCUT2D eigenvalue weighted by Crippen LogP contribution is -2.38. The molecule has 1 aliphatic rings. The topological polar surface area (TPSA) is 15.3 Å². The highest BCUT2D eigenvalue weighted by atomic mass is 35.5. The van der Waals surface area contributed by atoms with E-state index in [1.54, 1.807) is 0 Å². The summed E-state index contributed by atoms with van der Waals surface area (Å²) in [5.41, 5.74) is 2.83. The minimum absolute atomic E-state index is 0. The number of hydrogen-bond acceptors (Lipinski definition) is 2. The zero-order valence-corrected chi connectivity index (χ0v) is 13.9. The van der Waals surface area contributed by atoms with E-state index in [0.717, 1.165) is 12.5 Å². The van der Waals surface area contributed by atoms with Gasteiger partial charge in [-0.2, -0.15) is 0 Å². The summed E-state index contributed by atoms with van der Waals surface area (Å²) in [4.78, 5) is 2.64. The van der Waals surface area contributed by atoms with E-state index >= 15 is 0 Å². The molecule has 1 aliphatic heterocycles. The van der Waals surface area contributed by atoms with Gasteiger partial charge in [0, 0.05) is 6.04 Å². The fourth-order valence-electron chi connectivity index (χ4n) is 3.03. The van der Waals surface area contributed by atoms with E-state index in [2.05, 4.69) is 55.3 Å². The van der Waals surface area contributed by atoms with Gasteiger partial charge in [0.1, 0.15) is 0 Å². The molecular weight excluding hydrogens is 268 g/mol. The molecule has 20 heavy (non-hydrogen) atoms. The molecule has 3 heteroatoms. The van der Waals surface area contributed by atoms with Gasteiger partial charge in [-0.25, -0.2) is 0 Å². The molecule has 0 radical (unpaired) electrons. The Kier molecular flexibility index (Phi) is 7.57. The number of nitrogens with one attached hydrogen (secondary N) is 1. The predicted molar refractivity (Wildman–Crippen MR) is 89.7 cm³/mol. The van der Waals surface area contributed by atoms with Gasteiger partial charge in [-0.05, 0) is 64.3 Å². The third-order valence-corrected chi connectivity index (χ3v) is 4.40. The summed E-state index contributed by atoms with van der Waals surface area (Å²) >= 11 is 0. The number of aryl methyl sites for hydroxylation is 1. The lowest BCUT2D eigenvalue weighted by atomic mass is 9.94. The zero-order chi connectivity index (χ0) is 13.7. The molecule has 0 aliphatic carbocycles. The molecule has 0 amide bonds. The Balaban J connectivity index is 0.00000200. The van der Waals surface area contributed by atoms with Crippen LogP contribution in [0.5, 0.6) is 0 Å². The third kappa shape index (κ3) is 4.76. The van der Waals surface area contributed by atoms with Crippen molar-refractivity contribution in [2.24, 2.45) is 5.92 Å². The van der Waals surface area contributed by atoms with Crippen molar-refractivity contribution in [2.45, 2.75) is 39.7 Å². The van der Waals surface area contributed by atoms with E-state index in [4.69, 9.17) is 0 Å². The van der Waals surface area contributed by atoms with Gasteiger partial charge in [-0.15, -0.1) is 12.4 Å². The maximum Gasteiger partial charge on any atom is 0.0319 e. The molecule has 0 spiro atoms. The van der Waals surface area contributed by atoms with Crippen LogP contribution in [0.2, 0.25) is 0 Å². The Morgan fingerprint density at radius 1 is 1.30 bits per heavy atom. The van der Waals surface area contributed by atoms with Crippen LogP contribution in [0.4, 0.5) is 0 Å². The van der Waals surface area contributed by atoms with Gasteiger partial charge in [0.25, 0.3) is 0 Å². The van der Waals surface area contributed by atoms with Gasteiger partial charge < -0.3 is 5.32 Å². The molecular formula is C17H29ClN2. The fraction of sp³-hybridized carbons (Fsp3) is 0.647. The Labute approximate surface area is 130 Å². The molecule has 1 atom stereocenters. The van der Waals surface area contributed by atoms with Crippen LogP contribution in [0.1, 0.15) is 43.9 Å². The number of piperidine rings is 1. The van der Waals surface area contributed by atoms with Gasteiger partial charge in [-0.3, -0.25) is 4.90 Å². The molecule has 1 aromatic rings. The first-order chi connectivity index (χ1) is 9.20. The summed E-state index contributed by atoms with van der Waals surface area (Å²) < 4.78 is 0. The molecule has 2 nitrogen and oxygen atoms in total. The average Bonchev–Trinajstić information content (AvgIpc) is 2.45. The summed E-state index contributed by atoms with van der Waals surface area (Å²) in [6, 6.07) is 9.51. The lowest BCUT2D eigenvalue weighted by Gasteiger charge is -2.36. The van der Waals surface area contributed by atoms with Gasteiger partial charge in [0.2, 0.25) is 0 Å². The Morgan fingerprint density at radius 3 is 2.60 bits per heavy atom. The Hall–Kier alpha value is -0.570. The van der Waals surface area contributed by atoms with E-state index in [1.165, 1.54) is 43.6 Å².